The molecule has 5 aromatic rings. The zero-order valence-corrected chi connectivity index (χ0v) is 19.3. The average Bonchev–Trinajstić information content (AvgIpc) is 3.33. The molecule has 1 N–H and O–H groups in total. The predicted octanol–water partition coefficient (Wildman–Crippen LogP) is 4.37. The summed E-state index contributed by atoms with van der Waals surface area (Å²) in [6.45, 7) is 2.11. The van der Waals surface area contributed by atoms with E-state index < -0.39 is 23.1 Å². The van der Waals surface area contributed by atoms with Crippen LogP contribution < -0.4 is 10.9 Å². The van der Waals surface area contributed by atoms with Crippen molar-refractivity contribution in [3.05, 3.63) is 118 Å². The van der Waals surface area contributed by atoms with Crippen LogP contribution in [-0.4, -0.2) is 25.1 Å². The lowest BCUT2D eigenvalue weighted by Crippen LogP contribution is -2.29. The predicted molar refractivity (Wildman–Crippen MR) is 132 cm³/mol. The van der Waals surface area contributed by atoms with Crippen molar-refractivity contribution < 1.29 is 13.6 Å². The molecule has 2 heterocycles. The fourth-order valence-electron chi connectivity index (χ4n) is 4.03. The highest BCUT2D eigenvalue weighted by Gasteiger charge is 2.21. The summed E-state index contributed by atoms with van der Waals surface area (Å²) in [5.74, 6) is -1.42. The fraction of sp³-hybridized carbons (Fsp3) is 0.111. The molecule has 180 valence electrons. The molecule has 0 aliphatic rings. The molecule has 0 unspecified atom stereocenters. The topological polar surface area (TPSA) is 81.3 Å². The monoisotopic (exact) mass is 485 g/mol. The first kappa shape index (κ1) is 23.1. The number of hydrogen-bond donors (Lipinski definition) is 1. The van der Waals surface area contributed by atoms with Crippen molar-refractivity contribution in [3.63, 3.8) is 0 Å². The smallest absolute Gasteiger partial charge is 0.279 e. The van der Waals surface area contributed by atoms with E-state index in [2.05, 4.69) is 15.4 Å². The second-order valence-electron chi connectivity index (χ2n) is 8.30. The SMILES string of the molecule is Cc1c(CC(=O)Nc2cc(F)ccc2F)c(=O)n2nc(-c3ccccc3)nc2n1Cc1ccccc1. The van der Waals surface area contributed by atoms with Gasteiger partial charge in [0, 0.05) is 22.9 Å². The molecule has 2 aromatic heterocycles. The number of benzene rings is 3. The standard InChI is InChI=1S/C27H21F2N5O2/c1-17-21(15-24(35)30-23-14-20(28)12-13-22(23)29)26(36)34-27(33(17)16-18-8-4-2-5-9-18)31-25(32-34)19-10-6-3-7-11-19/h2-14H,15-16H2,1H3,(H,30,35). The van der Waals surface area contributed by atoms with Gasteiger partial charge in [0.05, 0.1) is 18.7 Å². The van der Waals surface area contributed by atoms with Gasteiger partial charge in [-0.2, -0.15) is 9.50 Å². The van der Waals surface area contributed by atoms with E-state index in [1.54, 1.807) is 6.92 Å². The van der Waals surface area contributed by atoms with Gasteiger partial charge < -0.3 is 9.88 Å². The number of carbonyl (C=O) groups is 1. The number of carbonyl (C=O) groups excluding carboxylic acids is 1. The number of amides is 1. The number of halogens is 2. The summed E-state index contributed by atoms with van der Waals surface area (Å²) >= 11 is 0. The first-order valence-corrected chi connectivity index (χ1v) is 11.2. The summed E-state index contributed by atoms with van der Waals surface area (Å²) in [5, 5.41) is 6.79. The van der Waals surface area contributed by atoms with E-state index in [1.165, 1.54) is 4.52 Å². The van der Waals surface area contributed by atoms with Crippen LogP contribution in [0.2, 0.25) is 0 Å². The van der Waals surface area contributed by atoms with Gasteiger partial charge in [-0.3, -0.25) is 9.59 Å². The molecule has 5 rings (SSSR count). The van der Waals surface area contributed by atoms with Crippen LogP contribution in [-0.2, 0) is 17.8 Å². The van der Waals surface area contributed by atoms with Crippen molar-refractivity contribution in [2.24, 2.45) is 0 Å². The van der Waals surface area contributed by atoms with Gasteiger partial charge in [-0.05, 0) is 24.6 Å². The number of rotatable bonds is 6. The third-order valence-corrected chi connectivity index (χ3v) is 5.88. The quantitative estimate of drug-likeness (QED) is 0.387. The Labute approximate surface area is 204 Å². The summed E-state index contributed by atoms with van der Waals surface area (Å²) in [6.07, 6.45) is -0.355. The third kappa shape index (κ3) is 4.50. The Morgan fingerprint density at radius 3 is 2.39 bits per heavy atom. The van der Waals surface area contributed by atoms with Gasteiger partial charge in [-0.25, -0.2) is 8.78 Å². The van der Waals surface area contributed by atoms with E-state index in [0.29, 0.717) is 23.8 Å². The molecule has 0 aliphatic carbocycles. The second-order valence-corrected chi connectivity index (χ2v) is 8.30. The van der Waals surface area contributed by atoms with Crippen LogP contribution >= 0.6 is 0 Å². The number of nitrogens with zero attached hydrogens (tertiary/aromatic N) is 4. The normalized spacial score (nSPS) is 11.1. The highest BCUT2D eigenvalue weighted by Crippen LogP contribution is 2.19. The molecular weight excluding hydrogens is 464 g/mol. The minimum absolute atomic E-state index is 0.178. The Balaban J connectivity index is 1.60. The molecule has 0 spiro atoms. The summed E-state index contributed by atoms with van der Waals surface area (Å²) in [4.78, 5) is 30.9. The molecule has 36 heavy (non-hydrogen) atoms. The van der Waals surface area contributed by atoms with Crippen molar-refractivity contribution in [1.82, 2.24) is 19.2 Å². The van der Waals surface area contributed by atoms with Gasteiger partial charge in [0.25, 0.3) is 5.56 Å². The number of nitrogens with one attached hydrogen (secondary N) is 1. The van der Waals surface area contributed by atoms with Crippen LogP contribution in [0.25, 0.3) is 17.2 Å². The third-order valence-electron chi connectivity index (χ3n) is 5.88. The first-order chi connectivity index (χ1) is 17.4. The minimum atomic E-state index is -0.776. The molecule has 7 nitrogen and oxygen atoms in total. The molecule has 9 heteroatoms. The summed E-state index contributed by atoms with van der Waals surface area (Å²) in [6, 6.07) is 21.6. The zero-order chi connectivity index (χ0) is 25.2. The molecule has 0 atom stereocenters. The van der Waals surface area contributed by atoms with Crippen molar-refractivity contribution in [2.45, 2.75) is 19.9 Å². The van der Waals surface area contributed by atoms with Gasteiger partial charge in [-0.15, -0.1) is 5.10 Å². The highest BCUT2D eigenvalue weighted by molar-refractivity contribution is 5.92. The number of fused-ring (bicyclic) bond motifs is 1. The molecule has 1 amide bonds. The summed E-state index contributed by atoms with van der Waals surface area (Å²) in [5.41, 5.74) is 1.61. The number of anilines is 1. The van der Waals surface area contributed by atoms with Crippen LogP contribution in [0.1, 0.15) is 16.8 Å². The van der Waals surface area contributed by atoms with Gasteiger partial charge in [-0.1, -0.05) is 60.7 Å². The van der Waals surface area contributed by atoms with Crippen molar-refractivity contribution in [1.29, 1.82) is 0 Å². The van der Waals surface area contributed by atoms with Gasteiger partial charge in [0.15, 0.2) is 5.82 Å². The maximum atomic E-state index is 14.0. The van der Waals surface area contributed by atoms with Gasteiger partial charge in [0.2, 0.25) is 11.7 Å². The van der Waals surface area contributed by atoms with E-state index in [-0.39, 0.29) is 17.7 Å². The van der Waals surface area contributed by atoms with Crippen molar-refractivity contribution in [2.75, 3.05) is 5.32 Å². The van der Waals surface area contributed by atoms with Crippen LogP contribution in [0, 0.1) is 18.6 Å². The molecule has 0 radical (unpaired) electrons. The fourth-order valence-corrected chi connectivity index (χ4v) is 4.03. The van der Waals surface area contributed by atoms with Crippen molar-refractivity contribution >= 4 is 17.4 Å². The Hall–Kier alpha value is -4.66. The largest absolute Gasteiger partial charge is 0.323 e. The number of aromatic nitrogens is 4. The molecule has 0 saturated heterocycles. The Morgan fingerprint density at radius 2 is 1.67 bits per heavy atom. The maximum absolute atomic E-state index is 14.0. The molecule has 0 bridgehead atoms. The Bertz CT molecular complexity index is 1630. The van der Waals surface area contributed by atoms with Crippen LogP contribution in [0.15, 0.2) is 83.7 Å². The van der Waals surface area contributed by atoms with E-state index in [4.69, 9.17) is 0 Å². The van der Waals surface area contributed by atoms with Crippen LogP contribution in [0.4, 0.5) is 14.5 Å². The van der Waals surface area contributed by atoms with Gasteiger partial charge in [0.1, 0.15) is 11.6 Å². The number of hydrogen-bond acceptors (Lipinski definition) is 4. The Kier molecular flexibility index (Phi) is 6.12. The van der Waals surface area contributed by atoms with E-state index in [0.717, 1.165) is 29.3 Å². The first-order valence-electron chi connectivity index (χ1n) is 11.2. The molecular formula is C27H21F2N5O2. The summed E-state index contributed by atoms with van der Waals surface area (Å²) < 4.78 is 30.6. The Morgan fingerprint density at radius 1 is 0.972 bits per heavy atom. The van der Waals surface area contributed by atoms with Crippen molar-refractivity contribution in [3.8, 4) is 11.4 Å². The highest BCUT2D eigenvalue weighted by atomic mass is 19.1. The maximum Gasteiger partial charge on any atom is 0.279 e. The van der Waals surface area contributed by atoms with Crippen LogP contribution in [0.3, 0.4) is 0 Å². The lowest BCUT2D eigenvalue weighted by atomic mass is 10.1. The van der Waals surface area contributed by atoms with Gasteiger partial charge >= 0.3 is 0 Å². The van der Waals surface area contributed by atoms with E-state index in [1.807, 2.05) is 65.2 Å². The van der Waals surface area contributed by atoms with Crippen LogP contribution in [0.5, 0.6) is 0 Å². The average molecular weight is 485 g/mol. The van der Waals surface area contributed by atoms with E-state index >= 15 is 0 Å². The molecule has 3 aromatic carbocycles. The second kappa shape index (κ2) is 9.53. The molecule has 0 fully saturated rings. The lowest BCUT2D eigenvalue weighted by molar-refractivity contribution is -0.115. The lowest BCUT2D eigenvalue weighted by Gasteiger charge is -2.16. The molecule has 0 aliphatic heterocycles. The minimum Gasteiger partial charge on any atom is -0.323 e. The summed E-state index contributed by atoms with van der Waals surface area (Å²) in [7, 11) is 0. The zero-order valence-electron chi connectivity index (χ0n) is 19.3. The van der Waals surface area contributed by atoms with E-state index in [9.17, 15) is 18.4 Å². The molecule has 0 saturated carbocycles.